The Morgan fingerprint density at radius 1 is 1.50 bits per heavy atom. The Morgan fingerprint density at radius 3 is 2.88 bits per heavy atom. The fourth-order valence-corrected chi connectivity index (χ4v) is 1.89. The molecule has 0 aliphatic carbocycles. The minimum atomic E-state index is 0.108. The molecule has 0 bridgehead atoms. The minimum Gasteiger partial charge on any atom is -0.364 e. The number of aromatic nitrogens is 1. The fraction of sp³-hybridized carbons (Fsp3) is 0.545. The molecule has 1 aromatic rings. The van der Waals surface area contributed by atoms with E-state index in [0.717, 1.165) is 31.9 Å². The van der Waals surface area contributed by atoms with E-state index in [2.05, 4.69) is 10.3 Å². The summed E-state index contributed by atoms with van der Waals surface area (Å²) in [4.78, 5) is 18.8. The first-order valence-electron chi connectivity index (χ1n) is 5.60. The SMILES string of the molecule is CN(Cc1ccc[nH]1)C(=O)N1CCNCC1. The van der Waals surface area contributed by atoms with Crippen molar-refractivity contribution in [1.82, 2.24) is 20.1 Å². The summed E-state index contributed by atoms with van der Waals surface area (Å²) < 4.78 is 0. The Balaban J connectivity index is 1.88. The van der Waals surface area contributed by atoms with E-state index in [9.17, 15) is 4.79 Å². The van der Waals surface area contributed by atoms with Crippen molar-refractivity contribution in [2.24, 2.45) is 0 Å². The lowest BCUT2D eigenvalue weighted by atomic mass is 10.3. The molecule has 88 valence electrons. The molecule has 0 atom stereocenters. The molecule has 1 fully saturated rings. The van der Waals surface area contributed by atoms with Crippen LogP contribution in [0.25, 0.3) is 0 Å². The predicted octanol–water partition coefficient (Wildman–Crippen LogP) is 0.472. The number of aromatic amines is 1. The predicted molar refractivity (Wildman–Crippen MR) is 62.1 cm³/mol. The molecule has 1 saturated heterocycles. The molecule has 2 amide bonds. The number of carbonyl (C=O) groups excluding carboxylic acids is 1. The highest BCUT2D eigenvalue weighted by molar-refractivity contribution is 5.74. The number of rotatable bonds is 2. The number of piperazine rings is 1. The first kappa shape index (κ1) is 11.0. The quantitative estimate of drug-likeness (QED) is 0.764. The van der Waals surface area contributed by atoms with E-state index in [1.807, 2.05) is 30.3 Å². The monoisotopic (exact) mass is 222 g/mol. The maximum Gasteiger partial charge on any atom is 0.320 e. The fourth-order valence-electron chi connectivity index (χ4n) is 1.89. The van der Waals surface area contributed by atoms with Crippen molar-refractivity contribution >= 4 is 6.03 Å². The molecular weight excluding hydrogens is 204 g/mol. The molecule has 2 heterocycles. The van der Waals surface area contributed by atoms with Crippen LogP contribution in [-0.2, 0) is 6.54 Å². The molecule has 5 nitrogen and oxygen atoms in total. The van der Waals surface area contributed by atoms with Gasteiger partial charge in [-0.1, -0.05) is 0 Å². The van der Waals surface area contributed by atoms with E-state index in [0.29, 0.717) is 6.54 Å². The molecule has 2 N–H and O–H groups in total. The van der Waals surface area contributed by atoms with E-state index < -0.39 is 0 Å². The van der Waals surface area contributed by atoms with Crippen molar-refractivity contribution in [2.75, 3.05) is 33.2 Å². The number of nitrogens with one attached hydrogen (secondary N) is 2. The molecule has 2 rings (SSSR count). The lowest BCUT2D eigenvalue weighted by Gasteiger charge is -2.31. The second-order valence-corrected chi connectivity index (χ2v) is 4.07. The Morgan fingerprint density at radius 2 is 2.25 bits per heavy atom. The number of urea groups is 1. The zero-order valence-corrected chi connectivity index (χ0v) is 9.57. The third kappa shape index (κ3) is 2.55. The van der Waals surface area contributed by atoms with Gasteiger partial charge in [-0.05, 0) is 12.1 Å². The van der Waals surface area contributed by atoms with E-state index in [-0.39, 0.29) is 6.03 Å². The third-order valence-electron chi connectivity index (χ3n) is 2.78. The Kier molecular flexibility index (Phi) is 3.46. The molecule has 5 heteroatoms. The van der Waals surface area contributed by atoms with Gasteiger partial charge in [0.25, 0.3) is 0 Å². The molecule has 16 heavy (non-hydrogen) atoms. The molecule has 0 spiro atoms. The van der Waals surface area contributed by atoms with Crippen molar-refractivity contribution in [3.63, 3.8) is 0 Å². The van der Waals surface area contributed by atoms with E-state index in [4.69, 9.17) is 0 Å². The summed E-state index contributed by atoms with van der Waals surface area (Å²) in [6.45, 7) is 4.02. The lowest BCUT2D eigenvalue weighted by Crippen LogP contribution is -2.50. The summed E-state index contributed by atoms with van der Waals surface area (Å²) in [7, 11) is 1.84. The Labute approximate surface area is 95.4 Å². The van der Waals surface area contributed by atoms with Crippen LogP contribution in [0.2, 0.25) is 0 Å². The molecule has 1 aliphatic heterocycles. The summed E-state index contributed by atoms with van der Waals surface area (Å²) in [5.41, 5.74) is 1.06. The molecule has 0 unspecified atom stereocenters. The van der Waals surface area contributed by atoms with Gasteiger partial charge in [0.15, 0.2) is 0 Å². The zero-order chi connectivity index (χ0) is 11.4. The number of amides is 2. The van der Waals surface area contributed by atoms with Gasteiger partial charge in [-0.15, -0.1) is 0 Å². The number of hydrogen-bond acceptors (Lipinski definition) is 2. The van der Waals surface area contributed by atoms with Crippen molar-refractivity contribution in [3.8, 4) is 0 Å². The van der Waals surface area contributed by atoms with Crippen LogP contribution in [0.15, 0.2) is 18.3 Å². The average Bonchev–Trinajstić information content (AvgIpc) is 2.82. The van der Waals surface area contributed by atoms with Crippen LogP contribution < -0.4 is 5.32 Å². The maximum absolute atomic E-state index is 12.0. The van der Waals surface area contributed by atoms with Gasteiger partial charge in [0.2, 0.25) is 0 Å². The molecule has 0 aromatic carbocycles. The van der Waals surface area contributed by atoms with Crippen molar-refractivity contribution in [3.05, 3.63) is 24.0 Å². The second kappa shape index (κ2) is 5.03. The van der Waals surface area contributed by atoms with Crippen LogP contribution in [0.5, 0.6) is 0 Å². The van der Waals surface area contributed by atoms with Crippen molar-refractivity contribution in [1.29, 1.82) is 0 Å². The van der Waals surface area contributed by atoms with Crippen LogP contribution in [-0.4, -0.2) is 54.0 Å². The highest BCUT2D eigenvalue weighted by atomic mass is 16.2. The van der Waals surface area contributed by atoms with Gasteiger partial charge < -0.3 is 20.1 Å². The summed E-state index contributed by atoms with van der Waals surface area (Å²) in [6.07, 6.45) is 1.87. The van der Waals surface area contributed by atoms with Crippen LogP contribution >= 0.6 is 0 Å². The van der Waals surface area contributed by atoms with Crippen LogP contribution in [0.1, 0.15) is 5.69 Å². The number of nitrogens with zero attached hydrogens (tertiary/aromatic N) is 2. The summed E-state index contributed by atoms with van der Waals surface area (Å²) >= 11 is 0. The van der Waals surface area contributed by atoms with Gasteiger partial charge in [0, 0.05) is 45.1 Å². The van der Waals surface area contributed by atoms with Gasteiger partial charge in [-0.3, -0.25) is 0 Å². The Bertz CT molecular complexity index is 330. The number of hydrogen-bond donors (Lipinski definition) is 2. The van der Waals surface area contributed by atoms with Crippen molar-refractivity contribution < 1.29 is 4.79 Å². The van der Waals surface area contributed by atoms with Crippen LogP contribution in [0.3, 0.4) is 0 Å². The molecular formula is C11H18N4O. The molecule has 1 aliphatic rings. The maximum atomic E-state index is 12.0. The van der Waals surface area contributed by atoms with Gasteiger partial charge in [-0.2, -0.15) is 0 Å². The normalized spacial score (nSPS) is 16.2. The number of H-pyrrole nitrogens is 1. The van der Waals surface area contributed by atoms with Crippen LogP contribution in [0, 0.1) is 0 Å². The van der Waals surface area contributed by atoms with E-state index >= 15 is 0 Å². The summed E-state index contributed by atoms with van der Waals surface area (Å²) in [6, 6.07) is 4.04. The highest BCUT2D eigenvalue weighted by Crippen LogP contribution is 2.04. The topological polar surface area (TPSA) is 51.4 Å². The number of carbonyl (C=O) groups is 1. The standard InChI is InChI=1S/C11H18N4O/c1-14(9-10-3-2-4-13-10)11(16)15-7-5-12-6-8-15/h2-4,12-13H,5-9H2,1H3. The molecule has 0 saturated carbocycles. The second-order valence-electron chi connectivity index (χ2n) is 4.07. The van der Waals surface area contributed by atoms with Gasteiger partial charge in [-0.25, -0.2) is 4.79 Å². The smallest absolute Gasteiger partial charge is 0.320 e. The molecule has 0 radical (unpaired) electrons. The van der Waals surface area contributed by atoms with Crippen molar-refractivity contribution in [2.45, 2.75) is 6.54 Å². The van der Waals surface area contributed by atoms with Crippen LogP contribution in [0.4, 0.5) is 4.79 Å². The summed E-state index contributed by atoms with van der Waals surface area (Å²) in [5, 5.41) is 3.24. The van der Waals surface area contributed by atoms with E-state index in [1.165, 1.54) is 0 Å². The largest absolute Gasteiger partial charge is 0.364 e. The first-order chi connectivity index (χ1) is 7.77. The van der Waals surface area contributed by atoms with E-state index in [1.54, 1.807) is 4.90 Å². The third-order valence-corrected chi connectivity index (χ3v) is 2.78. The van der Waals surface area contributed by atoms with Gasteiger partial charge in [0.1, 0.15) is 0 Å². The first-order valence-corrected chi connectivity index (χ1v) is 5.60. The zero-order valence-electron chi connectivity index (χ0n) is 9.57. The summed E-state index contributed by atoms with van der Waals surface area (Å²) in [5.74, 6) is 0. The minimum absolute atomic E-state index is 0.108. The molecule has 1 aromatic heterocycles. The van der Waals surface area contributed by atoms with Gasteiger partial charge >= 0.3 is 6.03 Å². The average molecular weight is 222 g/mol. The highest BCUT2D eigenvalue weighted by Gasteiger charge is 2.19. The van der Waals surface area contributed by atoms with Gasteiger partial charge in [0.05, 0.1) is 6.54 Å². The Hall–Kier alpha value is -1.49. The lowest BCUT2D eigenvalue weighted by molar-refractivity contribution is 0.154.